The molecule has 0 radical (unpaired) electrons. The SMILES string of the molecule is Cc1nc(Cc2ccc(F)cc2)sc1C(=O)NCCCN1CCNCC1.Cl.Cl. The standard InChI is InChI=1S/C19H25FN4OS.2ClH/c1-14-18(19(25)22-7-2-10-24-11-8-21-9-12-24)26-17(23-14)13-15-3-5-16(20)6-4-15;;/h3-6,21H,2,7-13H2,1H3,(H,22,25);2*1H. The Balaban J connectivity index is 0.00000196. The lowest BCUT2D eigenvalue weighted by molar-refractivity contribution is 0.0954. The first-order chi connectivity index (χ1) is 12.6. The molecule has 0 atom stereocenters. The number of rotatable bonds is 7. The van der Waals surface area contributed by atoms with Crippen LogP contribution in [-0.2, 0) is 6.42 Å². The molecule has 2 N–H and O–H groups in total. The van der Waals surface area contributed by atoms with Gasteiger partial charge in [0.1, 0.15) is 10.7 Å². The van der Waals surface area contributed by atoms with Crippen LogP contribution in [0.3, 0.4) is 0 Å². The predicted molar refractivity (Wildman–Crippen MR) is 117 cm³/mol. The van der Waals surface area contributed by atoms with E-state index in [0.717, 1.165) is 55.4 Å². The van der Waals surface area contributed by atoms with Gasteiger partial charge >= 0.3 is 0 Å². The molecule has 0 spiro atoms. The molecule has 1 aliphatic rings. The maximum atomic E-state index is 13.0. The number of piperazine rings is 1. The van der Waals surface area contributed by atoms with Crippen molar-refractivity contribution in [2.24, 2.45) is 0 Å². The zero-order valence-corrected chi connectivity index (χ0v) is 18.3. The second kappa shape index (κ2) is 12.3. The van der Waals surface area contributed by atoms with Gasteiger partial charge in [0.25, 0.3) is 5.91 Å². The van der Waals surface area contributed by atoms with E-state index in [9.17, 15) is 9.18 Å². The highest BCUT2D eigenvalue weighted by Crippen LogP contribution is 2.21. The van der Waals surface area contributed by atoms with Crippen LogP contribution in [0.15, 0.2) is 24.3 Å². The van der Waals surface area contributed by atoms with Crippen molar-refractivity contribution in [1.29, 1.82) is 0 Å². The number of nitrogens with one attached hydrogen (secondary N) is 2. The van der Waals surface area contributed by atoms with E-state index in [4.69, 9.17) is 0 Å². The van der Waals surface area contributed by atoms with Gasteiger partial charge in [-0.2, -0.15) is 0 Å². The molecule has 2 aromatic rings. The predicted octanol–water partition coefficient (Wildman–Crippen LogP) is 3.05. The highest BCUT2D eigenvalue weighted by Gasteiger charge is 2.15. The van der Waals surface area contributed by atoms with Gasteiger partial charge in [0.2, 0.25) is 0 Å². The molecule has 0 bridgehead atoms. The van der Waals surface area contributed by atoms with E-state index in [-0.39, 0.29) is 36.5 Å². The summed E-state index contributed by atoms with van der Waals surface area (Å²) in [6.45, 7) is 7.79. The van der Waals surface area contributed by atoms with Gasteiger partial charge in [-0.15, -0.1) is 36.2 Å². The van der Waals surface area contributed by atoms with Gasteiger partial charge < -0.3 is 15.5 Å². The van der Waals surface area contributed by atoms with E-state index < -0.39 is 0 Å². The molecule has 1 aliphatic heterocycles. The Bertz CT molecular complexity index is 736. The van der Waals surface area contributed by atoms with E-state index in [0.29, 0.717) is 17.8 Å². The van der Waals surface area contributed by atoms with Crippen molar-refractivity contribution in [1.82, 2.24) is 20.5 Å². The molecular formula is C19H27Cl2FN4OS. The molecular weight excluding hydrogens is 422 g/mol. The molecule has 156 valence electrons. The third-order valence-corrected chi connectivity index (χ3v) is 5.62. The summed E-state index contributed by atoms with van der Waals surface area (Å²) in [5.41, 5.74) is 1.75. The van der Waals surface area contributed by atoms with Crippen molar-refractivity contribution in [2.75, 3.05) is 39.3 Å². The van der Waals surface area contributed by atoms with Crippen LogP contribution < -0.4 is 10.6 Å². The van der Waals surface area contributed by atoms with E-state index in [1.165, 1.54) is 23.5 Å². The largest absolute Gasteiger partial charge is 0.351 e. The zero-order chi connectivity index (χ0) is 18.4. The van der Waals surface area contributed by atoms with Gasteiger partial charge in [-0.05, 0) is 37.6 Å². The van der Waals surface area contributed by atoms with Crippen LogP contribution in [-0.4, -0.2) is 55.1 Å². The lowest BCUT2D eigenvalue weighted by Crippen LogP contribution is -2.44. The fourth-order valence-electron chi connectivity index (χ4n) is 3.04. The van der Waals surface area contributed by atoms with Crippen LogP contribution in [0.1, 0.15) is 32.4 Å². The number of aromatic nitrogens is 1. The normalized spacial score (nSPS) is 14.1. The average molecular weight is 449 g/mol. The molecule has 1 amide bonds. The Labute approximate surface area is 181 Å². The number of thiazole rings is 1. The molecule has 5 nitrogen and oxygen atoms in total. The summed E-state index contributed by atoms with van der Waals surface area (Å²) in [7, 11) is 0. The lowest BCUT2D eigenvalue weighted by atomic mass is 10.1. The molecule has 3 rings (SSSR count). The van der Waals surface area contributed by atoms with Gasteiger partial charge in [0.05, 0.1) is 10.7 Å². The van der Waals surface area contributed by atoms with Crippen LogP contribution in [0.2, 0.25) is 0 Å². The van der Waals surface area contributed by atoms with Crippen molar-refractivity contribution < 1.29 is 9.18 Å². The Morgan fingerprint density at radius 2 is 1.93 bits per heavy atom. The highest BCUT2D eigenvalue weighted by molar-refractivity contribution is 7.13. The fourth-order valence-corrected chi connectivity index (χ4v) is 4.05. The first-order valence-corrected chi connectivity index (χ1v) is 9.85. The summed E-state index contributed by atoms with van der Waals surface area (Å²) in [4.78, 5) is 20.0. The molecule has 0 aliphatic carbocycles. The van der Waals surface area contributed by atoms with Gasteiger partial charge in [-0.25, -0.2) is 9.37 Å². The molecule has 28 heavy (non-hydrogen) atoms. The monoisotopic (exact) mass is 448 g/mol. The smallest absolute Gasteiger partial charge is 0.263 e. The number of hydrogen-bond donors (Lipinski definition) is 2. The number of halogens is 3. The number of carbonyl (C=O) groups excluding carboxylic acids is 1. The number of hydrogen-bond acceptors (Lipinski definition) is 5. The topological polar surface area (TPSA) is 57.3 Å². The van der Waals surface area contributed by atoms with Crippen LogP contribution in [0, 0.1) is 12.7 Å². The quantitative estimate of drug-likeness (QED) is 0.639. The summed E-state index contributed by atoms with van der Waals surface area (Å²) >= 11 is 1.42. The molecule has 0 unspecified atom stereocenters. The molecule has 0 saturated carbocycles. The van der Waals surface area contributed by atoms with Crippen molar-refractivity contribution in [3.63, 3.8) is 0 Å². The fraction of sp³-hybridized carbons (Fsp3) is 0.474. The Hall–Kier alpha value is -1.25. The van der Waals surface area contributed by atoms with E-state index in [2.05, 4.69) is 20.5 Å². The first-order valence-electron chi connectivity index (χ1n) is 9.04. The third-order valence-electron chi connectivity index (χ3n) is 4.46. The number of amides is 1. The van der Waals surface area contributed by atoms with Gasteiger partial charge in [0, 0.05) is 39.1 Å². The van der Waals surface area contributed by atoms with Gasteiger partial charge in [-0.3, -0.25) is 4.79 Å². The maximum absolute atomic E-state index is 13.0. The second-order valence-corrected chi connectivity index (χ2v) is 7.61. The summed E-state index contributed by atoms with van der Waals surface area (Å²) in [5.74, 6) is -0.296. The maximum Gasteiger partial charge on any atom is 0.263 e. The van der Waals surface area contributed by atoms with Gasteiger partial charge in [0.15, 0.2) is 0 Å². The van der Waals surface area contributed by atoms with Crippen LogP contribution >= 0.6 is 36.2 Å². The number of aryl methyl sites for hydroxylation is 1. The number of carbonyl (C=O) groups is 1. The summed E-state index contributed by atoms with van der Waals surface area (Å²) in [6, 6.07) is 6.40. The van der Waals surface area contributed by atoms with Crippen molar-refractivity contribution in [3.05, 3.63) is 51.2 Å². The molecule has 1 saturated heterocycles. The third kappa shape index (κ3) is 7.29. The van der Waals surface area contributed by atoms with E-state index >= 15 is 0 Å². The lowest BCUT2D eigenvalue weighted by Gasteiger charge is -2.27. The number of benzene rings is 1. The Morgan fingerprint density at radius 3 is 2.61 bits per heavy atom. The summed E-state index contributed by atoms with van der Waals surface area (Å²) in [5, 5.41) is 7.22. The summed E-state index contributed by atoms with van der Waals surface area (Å²) in [6.07, 6.45) is 1.56. The summed E-state index contributed by atoms with van der Waals surface area (Å²) < 4.78 is 13.0. The molecule has 1 aromatic carbocycles. The highest BCUT2D eigenvalue weighted by atomic mass is 35.5. The molecule has 1 aromatic heterocycles. The van der Waals surface area contributed by atoms with Crippen molar-refractivity contribution in [3.8, 4) is 0 Å². The average Bonchev–Trinajstić information content (AvgIpc) is 3.02. The molecule has 9 heteroatoms. The van der Waals surface area contributed by atoms with Gasteiger partial charge in [-0.1, -0.05) is 12.1 Å². The Morgan fingerprint density at radius 1 is 1.25 bits per heavy atom. The van der Waals surface area contributed by atoms with Crippen LogP contribution in [0.25, 0.3) is 0 Å². The minimum atomic E-state index is -0.245. The minimum Gasteiger partial charge on any atom is -0.351 e. The molecule has 2 heterocycles. The first kappa shape index (κ1) is 24.8. The van der Waals surface area contributed by atoms with E-state index in [1.807, 2.05) is 6.92 Å². The molecule has 1 fully saturated rings. The second-order valence-electron chi connectivity index (χ2n) is 6.53. The van der Waals surface area contributed by atoms with Crippen LogP contribution in [0.4, 0.5) is 4.39 Å². The minimum absolute atomic E-state index is 0. The Kier molecular flexibility index (Phi) is 10.9. The van der Waals surface area contributed by atoms with Crippen molar-refractivity contribution >= 4 is 42.1 Å². The van der Waals surface area contributed by atoms with E-state index in [1.54, 1.807) is 12.1 Å². The number of nitrogens with zero attached hydrogens (tertiary/aromatic N) is 2. The zero-order valence-electron chi connectivity index (χ0n) is 15.9. The van der Waals surface area contributed by atoms with Crippen LogP contribution in [0.5, 0.6) is 0 Å². The van der Waals surface area contributed by atoms with Crippen molar-refractivity contribution in [2.45, 2.75) is 19.8 Å².